The number of nitrogens with one attached hydrogen (secondary N) is 1. The number of rotatable bonds is 5. The quantitative estimate of drug-likeness (QED) is 0.847. The molecule has 1 unspecified atom stereocenters. The van der Waals surface area contributed by atoms with Crippen LogP contribution in [0.2, 0.25) is 5.15 Å². The van der Waals surface area contributed by atoms with Gasteiger partial charge in [0.05, 0.1) is 12.4 Å². The van der Waals surface area contributed by atoms with Crippen molar-refractivity contribution >= 4 is 23.5 Å². The van der Waals surface area contributed by atoms with Gasteiger partial charge in [-0.3, -0.25) is 4.79 Å². The van der Waals surface area contributed by atoms with E-state index in [1.807, 2.05) is 6.92 Å². The Bertz CT molecular complexity index is 449. The maximum absolute atomic E-state index is 11.8. The SMILES string of the molecule is CCCC(C)(NC(=O)c1cnc(Cl)cn1)C(=O)O. The first-order valence-electron chi connectivity index (χ1n) is 5.42. The number of amides is 1. The van der Waals surface area contributed by atoms with E-state index in [1.54, 1.807) is 0 Å². The normalized spacial score (nSPS) is 13.7. The van der Waals surface area contributed by atoms with Gasteiger partial charge in [-0.15, -0.1) is 0 Å². The summed E-state index contributed by atoms with van der Waals surface area (Å²) in [5.41, 5.74) is -1.28. The zero-order chi connectivity index (χ0) is 13.8. The van der Waals surface area contributed by atoms with Crippen LogP contribution in [0.5, 0.6) is 0 Å². The van der Waals surface area contributed by atoms with Crippen molar-refractivity contribution in [1.82, 2.24) is 15.3 Å². The largest absolute Gasteiger partial charge is 0.480 e. The first-order valence-corrected chi connectivity index (χ1v) is 5.80. The molecule has 1 heterocycles. The van der Waals surface area contributed by atoms with E-state index < -0.39 is 17.4 Å². The van der Waals surface area contributed by atoms with Crippen molar-refractivity contribution in [3.05, 3.63) is 23.2 Å². The van der Waals surface area contributed by atoms with Gasteiger partial charge in [0.25, 0.3) is 5.91 Å². The van der Waals surface area contributed by atoms with Crippen LogP contribution in [0.3, 0.4) is 0 Å². The minimum atomic E-state index is -1.31. The molecular formula is C11H14ClN3O3. The molecule has 0 aliphatic carbocycles. The average molecular weight is 272 g/mol. The van der Waals surface area contributed by atoms with Crippen LogP contribution >= 0.6 is 11.6 Å². The van der Waals surface area contributed by atoms with Gasteiger partial charge in [0, 0.05) is 0 Å². The highest BCUT2D eigenvalue weighted by molar-refractivity contribution is 6.29. The van der Waals surface area contributed by atoms with E-state index in [0.29, 0.717) is 12.8 Å². The summed E-state index contributed by atoms with van der Waals surface area (Å²) >= 11 is 5.55. The highest BCUT2D eigenvalue weighted by Gasteiger charge is 2.34. The summed E-state index contributed by atoms with van der Waals surface area (Å²) in [6, 6.07) is 0. The predicted octanol–water partition coefficient (Wildman–Crippen LogP) is 1.50. The Labute approximate surface area is 109 Å². The first kappa shape index (κ1) is 14.4. The summed E-state index contributed by atoms with van der Waals surface area (Å²) in [5, 5.41) is 11.7. The minimum absolute atomic E-state index is 0.0305. The van der Waals surface area contributed by atoms with Gasteiger partial charge in [-0.2, -0.15) is 0 Å². The lowest BCUT2D eigenvalue weighted by molar-refractivity contribution is -0.144. The van der Waals surface area contributed by atoms with E-state index in [4.69, 9.17) is 16.7 Å². The zero-order valence-electron chi connectivity index (χ0n) is 10.1. The highest BCUT2D eigenvalue weighted by atomic mass is 35.5. The van der Waals surface area contributed by atoms with Crippen molar-refractivity contribution in [3.8, 4) is 0 Å². The summed E-state index contributed by atoms with van der Waals surface area (Å²) in [6.07, 6.45) is 3.39. The molecule has 0 bridgehead atoms. The molecule has 98 valence electrons. The zero-order valence-corrected chi connectivity index (χ0v) is 10.9. The smallest absolute Gasteiger partial charge is 0.329 e. The lowest BCUT2D eigenvalue weighted by atomic mass is 9.96. The van der Waals surface area contributed by atoms with Crippen molar-refractivity contribution in [2.24, 2.45) is 0 Å². The molecule has 1 atom stereocenters. The van der Waals surface area contributed by atoms with Crippen LogP contribution in [0.25, 0.3) is 0 Å². The van der Waals surface area contributed by atoms with E-state index in [-0.39, 0.29) is 10.8 Å². The lowest BCUT2D eigenvalue weighted by Crippen LogP contribution is -2.52. The second-order valence-corrected chi connectivity index (χ2v) is 4.45. The fourth-order valence-electron chi connectivity index (χ4n) is 1.47. The molecule has 2 N–H and O–H groups in total. The maximum Gasteiger partial charge on any atom is 0.329 e. The number of aromatic nitrogens is 2. The summed E-state index contributed by atoms with van der Waals surface area (Å²) in [7, 11) is 0. The van der Waals surface area contributed by atoms with Gasteiger partial charge < -0.3 is 10.4 Å². The molecule has 6 nitrogen and oxygen atoms in total. The molecular weight excluding hydrogens is 258 g/mol. The molecule has 1 amide bonds. The highest BCUT2D eigenvalue weighted by Crippen LogP contribution is 2.13. The Hall–Kier alpha value is -1.69. The summed E-state index contributed by atoms with van der Waals surface area (Å²) in [5.74, 6) is -1.67. The van der Waals surface area contributed by atoms with Gasteiger partial charge >= 0.3 is 5.97 Å². The number of hydrogen-bond donors (Lipinski definition) is 2. The molecule has 0 radical (unpaired) electrons. The van der Waals surface area contributed by atoms with E-state index in [0.717, 1.165) is 0 Å². The van der Waals surface area contributed by atoms with E-state index in [9.17, 15) is 9.59 Å². The van der Waals surface area contributed by atoms with Crippen molar-refractivity contribution < 1.29 is 14.7 Å². The van der Waals surface area contributed by atoms with Gasteiger partial charge in [0.15, 0.2) is 0 Å². The Morgan fingerprint density at radius 2 is 2.11 bits per heavy atom. The van der Waals surface area contributed by atoms with Crippen LogP contribution in [0.4, 0.5) is 0 Å². The number of carbonyl (C=O) groups excluding carboxylic acids is 1. The average Bonchev–Trinajstić information content (AvgIpc) is 2.29. The van der Waals surface area contributed by atoms with Crippen LogP contribution in [-0.2, 0) is 4.79 Å². The topological polar surface area (TPSA) is 92.2 Å². The number of carboxylic acids is 1. The monoisotopic (exact) mass is 271 g/mol. The van der Waals surface area contributed by atoms with Crippen molar-refractivity contribution in [2.75, 3.05) is 0 Å². The van der Waals surface area contributed by atoms with Gasteiger partial charge in [0.1, 0.15) is 16.4 Å². The lowest BCUT2D eigenvalue weighted by Gasteiger charge is -2.25. The molecule has 0 aliphatic rings. The molecule has 1 aromatic heterocycles. The van der Waals surface area contributed by atoms with Crippen molar-refractivity contribution in [3.63, 3.8) is 0 Å². The third-order valence-corrected chi connectivity index (χ3v) is 2.66. The predicted molar refractivity (Wildman–Crippen MR) is 65.5 cm³/mol. The number of carbonyl (C=O) groups is 2. The van der Waals surface area contributed by atoms with Crippen LogP contribution in [0.1, 0.15) is 37.2 Å². The fourth-order valence-corrected chi connectivity index (χ4v) is 1.56. The summed E-state index contributed by atoms with van der Waals surface area (Å²) < 4.78 is 0. The minimum Gasteiger partial charge on any atom is -0.480 e. The number of carboxylic acid groups (broad SMARTS) is 1. The molecule has 0 aliphatic heterocycles. The molecule has 0 saturated carbocycles. The first-order chi connectivity index (χ1) is 8.39. The Balaban J connectivity index is 2.85. The van der Waals surface area contributed by atoms with E-state index in [1.165, 1.54) is 19.3 Å². The fraction of sp³-hybridized carbons (Fsp3) is 0.455. The molecule has 1 aromatic rings. The molecule has 0 aromatic carbocycles. The van der Waals surface area contributed by atoms with Crippen molar-refractivity contribution in [2.45, 2.75) is 32.2 Å². The van der Waals surface area contributed by atoms with E-state index >= 15 is 0 Å². The van der Waals surface area contributed by atoms with Gasteiger partial charge in [0.2, 0.25) is 0 Å². The second-order valence-electron chi connectivity index (χ2n) is 4.07. The molecule has 7 heteroatoms. The standard InChI is InChI=1S/C11H14ClN3O3/c1-3-4-11(2,10(17)18)15-9(16)7-5-14-8(12)6-13-7/h5-6H,3-4H2,1-2H3,(H,15,16)(H,17,18). The van der Waals surface area contributed by atoms with Crippen LogP contribution in [0.15, 0.2) is 12.4 Å². The molecule has 1 rings (SSSR count). The van der Waals surface area contributed by atoms with Crippen molar-refractivity contribution in [1.29, 1.82) is 0 Å². The molecule has 18 heavy (non-hydrogen) atoms. The van der Waals surface area contributed by atoms with Crippen LogP contribution in [0, 0.1) is 0 Å². The number of nitrogens with zero attached hydrogens (tertiary/aromatic N) is 2. The number of halogens is 1. The van der Waals surface area contributed by atoms with Gasteiger partial charge in [-0.05, 0) is 13.3 Å². The third kappa shape index (κ3) is 3.40. The summed E-state index contributed by atoms with van der Waals surface area (Å²) in [4.78, 5) is 30.5. The number of aliphatic carboxylic acids is 1. The van der Waals surface area contributed by atoms with E-state index in [2.05, 4.69) is 15.3 Å². The number of hydrogen-bond acceptors (Lipinski definition) is 4. The molecule has 0 spiro atoms. The summed E-state index contributed by atoms with van der Waals surface area (Å²) in [6.45, 7) is 3.30. The second kappa shape index (κ2) is 5.77. The molecule has 0 fully saturated rings. The Morgan fingerprint density at radius 3 is 2.56 bits per heavy atom. The van der Waals surface area contributed by atoms with Gasteiger partial charge in [-0.25, -0.2) is 14.8 Å². The third-order valence-electron chi connectivity index (χ3n) is 2.46. The van der Waals surface area contributed by atoms with Gasteiger partial charge in [-0.1, -0.05) is 24.9 Å². The van der Waals surface area contributed by atoms with Crippen LogP contribution in [-0.4, -0.2) is 32.5 Å². The maximum atomic E-state index is 11.8. The van der Waals surface area contributed by atoms with Crippen LogP contribution < -0.4 is 5.32 Å². The Morgan fingerprint density at radius 1 is 1.44 bits per heavy atom. The Kier molecular flexibility index (Phi) is 4.61. The molecule has 0 saturated heterocycles.